The zero-order chi connectivity index (χ0) is 12.5. The van der Waals surface area contributed by atoms with Crippen molar-refractivity contribution in [3.05, 3.63) is 36.5 Å². The number of benzene rings is 1. The molecule has 0 saturated carbocycles. The van der Waals surface area contributed by atoms with Crippen molar-refractivity contribution in [2.24, 2.45) is 0 Å². The third-order valence-electron chi connectivity index (χ3n) is 3.21. The zero-order valence-electron chi connectivity index (χ0n) is 10.4. The smallest absolute Gasteiger partial charge is 0.136 e. The predicted octanol–water partition coefficient (Wildman–Crippen LogP) is 3.84. The number of fused-ring (bicyclic) bond motifs is 1. The number of aromatic nitrogens is 1. The van der Waals surface area contributed by atoms with Crippen molar-refractivity contribution in [2.75, 3.05) is 17.3 Å². The number of hydrogen-bond acceptors (Lipinski definition) is 2. The molecule has 1 heterocycles. The molecule has 17 heavy (non-hydrogen) atoms. The summed E-state index contributed by atoms with van der Waals surface area (Å²) in [5.74, 6) is 1.03. The van der Waals surface area contributed by atoms with E-state index in [1.165, 1.54) is 10.8 Å². The minimum Gasteiger partial charge on any atom is -0.353 e. The number of rotatable bonds is 3. The van der Waals surface area contributed by atoms with E-state index in [0.717, 1.165) is 11.1 Å². The topological polar surface area (TPSA) is 16.1 Å². The van der Waals surface area contributed by atoms with Crippen LogP contribution in [0.25, 0.3) is 10.8 Å². The number of hydrogen-bond donors (Lipinski definition) is 0. The molecule has 2 rings (SSSR count). The van der Waals surface area contributed by atoms with E-state index >= 15 is 0 Å². The van der Waals surface area contributed by atoms with Gasteiger partial charge in [0.25, 0.3) is 0 Å². The molecule has 0 radical (unpaired) electrons. The summed E-state index contributed by atoms with van der Waals surface area (Å²) in [5.41, 5.74) is 0.0388. The van der Waals surface area contributed by atoms with Crippen LogP contribution in [0.15, 0.2) is 36.5 Å². The van der Waals surface area contributed by atoms with Crippen molar-refractivity contribution in [3.8, 4) is 0 Å². The summed E-state index contributed by atoms with van der Waals surface area (Å²) in [6, 6.07) is 10.4. The van der Waals surface area contributed by atoms with Gasteiger partial charge < -0.3 is 4.90 Å². The van der Waals surface area contributed by atoms with Gasteiger partial charge in [-0.1, -0.05) is 40.2 Å². The molecule has 0 bridgehead atoms. The Bertz CT molecular complexity index is 517. The largest absolute Gasteiger partial charge is 0.353 e. The van der Waals surface area contributed by atoms with E-state index in [-0.39, 0.29) is 5.54 Å². The molecule has 0 aliphatic heterocycles. The second kappa shape index (κ2) is 4.65. The lowest BCUT2D eigenvalue weighted by molar-refractivity contribution is 0.548. The van der Waals surface area contributed by atoms with E-state index in [0.29, 0.717) is 0 Å². The third kappa shape index (κ3) is 2.29. The van der Waals surface area contributed by atoms with Crippen molar-refractivity contribution in [2.45, 2.75) is 19.4 Å². The van der Waals surface area contributed by atoms with Crippen molar-refractivity contribution in [3.63, 3.8) is 0 Å². The van der Waals surface area contributed by atoms with Gasteiger partial charge in [0.1, 0.15) is 5.82 Å². The first-order chi connectivity index (χ1) is 8.06. The Balaban J connectivity index is 2.56. The van der Waals surface area contributed by atoms with Crippen molar-refractivity contribution < 1.29 is 0 Å². The van der Waals surface area contributed by atoms with Crippen molar-refractivity contribution in [1.82, 2.24) is 4.98 Å². The maximum Gasteiger partial charge on any atom is 0.136 e. The van der Waals surface area contributed by atoms with Gasteiger partial charge in [-0.25, -0.2) is 4.98 Å². The van der Waals surface area contributed by atoms with Crippen molar-refractivity contribution in [1.29, 1.82) is 0 Å². The predicted molar refractivity (Wildman–Crippen MR) is 78.0 cm³/mol. The second-order valence-corrected chi connectivity index (χ2v) is 5.42. The monoisotopic (exact) mass is 292 g/mol. The maximum absolute atomic E-state index is 4.53. The van der Waals surface area contributed by atoms with Crippen LogP contribution in [0.5, 0.6) is 0 Å². The minimum absolute atomic E-state index is 0.0388. The Morgan fingerprint density at radius 3 is 2.65 bits per heavy atom. The molecule has 2 aromatic rings. The maximum atomic E-state index is 4.53. The van der Waals surface area contributed by atoms with Crippen LogP contribution in [0.4, 0.5) is 5.82 Å². The van der Waals surface area contributed by atoms with Crippen LogP contribution in [-0.4, -0.2) is 22.9 Å². The van der Waals surface area contributed by atoms with Crippen LogP contribution in [0, 0.1) is 0 Å². The summed E-state index contributed by atoms with van der Waals surface area (Å²) in [4.78, 5) is 6.75. The van der Waals surface area contributed by atoms with Crippen LogP contribution in [0.2, 0.25) is 0 Å². The number of pyridine rings is 1. The first-order valence-electron chi connectivity index (χ1n) is 5.70. The SMILES string of the molecule is CN(c1nccc2ccccc12)C(C)(C)CBr. The highest BCUT2D eigenvalue weighted by molar-refractivity contribution is 9.09. The van der Waals surface area contributed by atoms with Crippen LogP contribution in [-0.2, 0) is 0 Å². The van der Waals surface area contributed by atoms with E-state index < -0.39 is 0 Å². The van der Waals surface area contributed by atoms with Gasteiger partial charge in [0, 0.05) is 29.5 Å². The first kappa shape index (κ1) is 12.4. The van der Waals surface area contributed by atoms with Gasteiger partial charge in [0.2, 0.25) is 0 Å². The van der Waals surface area contributed by atoms with E-state index in [1.807, 2.05) is 12.3 Å². The summed E-state index contributed by atoms with van der Waals surface area (Å²) < 4.78 is 0. The molecule has 0 aliphatic carbocycles. The Hall–Kier alpha value is -1.09. The Labute approximate surface area is 111 Å². The molecule has 0 aliphatic rings. The highest BCUT2D eigenvalue weighted by atomic mass is 79.9. The molecule has 1 aromatic carbocycles. The Kier molecular flexibility index (Phi) is 3.38. The van der Waals surface area contributed by atoms with Gasteiger partial charge in [-0.15, -0.1) is 0 Å². The quantitative estimate of drug-likeness (QED) is 0.799. The average molecular weight is 293 g/mol. The summed E-state index contributed by atoms with van der Waals surface area (Å²) in [6.45, 7) is 4.40. The molecule has 0 spiro atoms. The van der Waals surface area contributed by atoms with Gasteiger partial charge in [-0.05, 0) is 25.3 Å². The normalized spacial score (nSPS) is 11.8. The van der Waals surface area contributed by atoms with E-state index in [1.54, 1.807) is 0 Å². The van der Waals surface area contributed by atoms with Gasteiger partial charge >= 0.3 is 0 Å². The summed E-state index contributed by atoms with van der Waals surface area (Å²) in [5, 5.41) is 3.34. The van der Waals surface area contributed by atoms with Crippen molar-refractivity contribution >= 4 is 32.5 Å². The molecule has 0 fully saturated rings. The minimum atomic E-state index is 0.0388. The fraction of sp³-hybridized carbons (Fsp3) is 0.357. The number of alkyl halides is 1. The van der Waals surface area contributed by atoms with Gasteiger partial charge in [-0.3, -0.25) is 0 Å². The van der Waals surface area contributed by atoms with E-state index in [4.69, 9.17) is 0 Å². The summed E-state index contributed by atoms with van der Waals surface area (Å²) >= 11 is 3.56. The standard InChI is InChI=1S/C14H17BrN2/c1-14(2,10-15)17(3)13-12-7-5-4-6-11(12)8-9-16-13/h4-9H,10H2,1-3H3. The molecule has 90 valence electrons. The summed E-state index contributed by atoms with van der Waals surface area (Å²) in [6.07, 6.45) is 1.87. The molecule has 1 aromatic heterocycles. The molecule has 0 atom stereocenters. The van der Waals surface area contributed by atoms with Gasteiger partial charge in [-0.2, -0.15) is 0 Å². The molecular weight excluding hydrogens is 276 g/mol. The van der Waals surface area contributed by atoms with Gasteiger partial charge in [0.05, 0.1) is 0 Å². The van der Waals surface area contributed by atoms with Crippen LogP contribution < -0.4 is 4.90 Å². The fourth-order valence-electron chi connectivity index (χ4n) is 1.75. The number of anilines is 1. The molecule has 0 N–H and O–H groups in total. The van der Waals surface area contributed by atoms with E-state index in [9.17, 15) is 0 Å². The van der Waals surface area contributed by atoms with Gasteiger partial charge in [0.15, 0.2) is 0 Å². The first-order valence-corrected chi connectivity index (χ1v) is 6.82. The van der Waals surface area contributed by atoms with Crippen LogP contribution in [0.1, 0.15) is 13.8 Å². The molecular formula is C14H17BrN2. The Morgan fingerprint density at radius 2 is 1.94 bits per heavy atom. The third-order valence-corrected chi connectivity index (χ3v) is 4.58. The Morgan fingerprint density at radius 1 is 1.24 bits per heavy atom. The lowest BCUT2D eigenvalue weighted by Gasteiger charge is -2.35. The average Bonchev–Trinajstić information content (AvgIpc) is 2.37. The second-order valence-electron chi connectivity index (χ2n) is 4.86. The molecule has 0 unspecified atom stereocenters. The fourth-order valence-corrected chi connectivity index (χ4v) is 2.12. The number of halogens is 1. The zero-order valence-corrected chi connectivity index (χ0v) is 12.0. The molecule has 3 heteroatoms. The highest BCUT2D eigenvalue weighted by Gasteiger charge is 2.24. The molecule has 2 nitrogen and oxygen atoms in total. The van der Waals surface area contributed by atoms with E-state index in [2.05, 4.69) is 71.0 Å². The lowest BCUT2D eigenvalue weighted by atomic mass is 10.1. The van der Waals surface area contributed by atoms with Crippen LogP contribution in [0.3, 0.4) is 0 Å². The summed E-state index contributed by atoms with van der Waals surface area (Å²) in [7, 11) is 2.09. The lowest BCUT2D eigenvalue weighted by Crippen LogP contribution is -2.43. The number of nitrogens with zero attached hydrogens (tertiary/aromatic N) is 2. The highest BCUT2D eigenvalue weighted by Crippen LogP contribution is 2.28. The van der Waals surface area contributed by atoms with Crippen LogP contribution >= 0.6 is 15.9 Å². The molecule has 0 amide bonds. The molecule has 0 saturated heterocycles.